The lowest BCUT2D eigenvalue weighted by molar-refractivity contribution is -0.140. The highest BCUT2D eigenvalue weighted by atomic mass is 19.4. The number of benzene rings is 2. The van der Waals surface area contributed by atoms with E-state index in [4.69, 9.17) is 5.73 Å². The number of rotatable bonds is 2. The lowest BCUT2D eigenvalue weighted by Crippen LogP contribution is -2.17. The maximum absolute atomic E-state index is 13.6. The molecule has 0 heterocycles. The van der Waals surface area contributed by atoms with E-state index in [1.165, 1.54) is 0 Å². The molecule has 0 aliphatic heterocycles. The summed E-state index contributed by atoms with van der Waals surface area (Å²) in [5.41, 5.74) is 3.46. The van der Waals surface area contributed by atoms with Gasteiger partial charge in [-0.1, -0.05) is 12.1 Å². The van der Waals surface area contributed by atoms with Gasteiger partial charge < -0.3 is 5.73 Å². The zero-order valence-corrected chi connectivity index (χ0v) is 10.4. The van der Waals surface area contributed by atoms with E-state index in [2.05, 4.69) is 0 Å². The minimum Gasteiger partial charge on any atom is -0.320 e. The van der Waals surface area contributed by atoms with Crippen LogP contribution in [0, 0.1) is 17.5 Å². The molecule has 0 saturated carbocycles. The smallest absolute Gasteiger partial charge is 0.320 e. The van der Waals surface area contributed by atoms with E-state index in [9.17, 15) is 26.3 Å². The zero-order valence-electron chi connectivity index (χ0n) is 10.4. The quantitative estimate of drug-likeness (QED) is 0.828. The van der Waals surface area contributed by atoms with Crippen molar-refractivity contribution in [3.8, 4) is 0 Å². The third kappa shape index (κ3) is 3.02. The first-order valence-corrected chi connectivity index (χ1v) is 5.78. The molecule has 7 heteroatoms. The molecule has 0 saturated heterocycles. The molecule has 0 spiro atoms. The number of hydrogen-bond donors (Lipinski definition) is 1. The van der Waals surface area contributed by atoms with Crippen LogP contribution < -0.4 is 5.73 Å². The monoisotopic (exact) mass is 305 g/mol. The van der Waals surface area contributed by atoms with Crippen molar-refractivity contribution in [3.63, 3.8) is 0 Å². The summed E-state index contributed by atoms with van der Waals surface area (Å²) in [6.07, 6.45) is -4.85. The largest absolute Gasteiger partial charge is 0.419 e. The van der Waals surface area contributed by atoms with Crippen molar-refractivity contribution in [2.24, 2.45) is 5.73 Å². The van der Waals surface area contributed by atoms with Crippen molar-refractivity contribution in [1.82, 2.24) is 0 Å². The second-order valence-corrected chi connectivity index (χ2v) is 4.35. The predicted octanol–water partition coefficient (Wildman–Crippen LogP) is 4.17. The first-order valence-electron chi connectivity index (χ1n) is 5.78. The van der Waals surface area contributed by atoms with Crippen LogP contribution in [0.3, 0.4) is 0 Å². The van der Waals surface area contributed by atoms with Gasteiger partial charge in [-0.25, -0.2) is 13.2 Å². The van der Waals surface area contributed by atoms with Gasteiger partial charge in [0.2, 0.25) is 0 Å². The van der Waals surface area contributed by atoms with Gasteiger partial charge >= 0.3 is 6.18 Å². The van der Waals surface area contributed by atoms with Crippen molar-refractivity contribution >= 4 is 0 Å². The Hall–Kier alpha value is -2.02. The second kappa shape index (κ2) is 5.40. The molecular weight excluding hydrogens is 296 g/mol. The molecule has 1 nitrogen and oxygen atoms in total. The molecule has 0 radical (unpaired) electrons. The summed E-state index contributed by atoms with van der Waals surface area (Å²) < 4.78 is 77.9. The topological polar surface area (TPSA) is 26.0 Å². The molecule has 0 aliphatic carbocycles. The minimum absolute atomic E-state index is 0.162. The van der Waals surface area contributed by atoms with E-state index in [1.807, 2.05) is 0 Å². The Bertz CT molecular complexity index is 645. The van der Waals surface area contributed by atoms with Crippen molar-refractivity contribution in [2.75, 3.05) is 0 Å². The van der Waals surface area contributed by atoms with E-state index in [0.29, 0.717) is 12.1 Å². The summed E-state index contributed by atoms with van der Waals surface area (Å²) in [6, 6.07) is 3.53. The molecule has 0 amide bonds. The van der Waals surface area contributed by atoms with Crippen molar-refractivity contribution in [1.29, 1.82) is 0 Å². The molecule has 1 unspecified atom stereocenters. The highest BCUT2D eigenvalue weighted by molar-refractivity contribution is 5.36. The van der Waals surface area contributed by atoms with Gasteiger partial charge in [0.25, 0.3) is 0 Å². The summed E-state index contributed by atoms with van der Waals surface area (Å²) >= 11 is 0. The number of alkyl halides is 3. The van der Waals surface area contributed by atoms with Crippen LogP contribution >= 0.6 is 0 Å². The maximum atomic E-state index is 13.6. The lowest BCUT2D eigenvalue weighted by atomic mass is 9.97. The van der Waals surface area contributed by atoms with Gasteiger partial charge in [0.1, 0.15) is 17.5 Å². The average Bonchev–Trinajstić information content (AvgIpc) is 2.36. The molecule has 0 bridgehead atoms. The summed E-state index contributed by atoms with van der Waals surface area (Å²) in [5.74, 6) is -3.46. The van der Waals surface area contributed by atoms with E-state index < -0.39 is 40.8 Å². The molecule has 21 heavy (non-hydrogen) atoms. The molecule has 2 N–H and O–H groups in total. The third-order valence-electron chi connectivity index (χ3n) is 2.97. The first-order chi connectivity index (χ1) is 9.71. The number of nitrogens with two attached hydrogens (primary N) is 1. The fraction of sp³-hybridized carbons (Fsp3) is 0.143. The third-order valence-corrected chi connectivity index (χ3v) is 2.97. The highest BCUT2D eigenvalue weighted by Gasteiger charge is 2.34. The fourth-order valence-corrected chi connectivity index (χ4v) is 1.93. The van der Waals surface area contributed by atoms with Crippen LogP contribution in [0.4, 0.5) is 26.3 Å². The zero-order chi connectivity index (χ0) is 15.8. The predicted molar refractivity (Wildman–Crippen MR) is 63.8 cm³/mol. The van der Waals surface area contributed by atoms with Crippen LogP contribution in [0.15, 0.2) is 36.4 Å². The van der Waals surface area contributed by atoms with Crippen LogP contribution in [0.1, 0.15) is 22.7 Å². The van der Waals surface area contributed by atoms with Crippen LogP contribution in [0.2, 0.25) is 0 Å². The minimum atomic E-state index is -4.85. The molecule has 2 rings (SSSR count). The number of hydrogen-bond acceptors (Lipinski definition) is 1. The second-order valence-electron chi connectivity index (χ2n) is 4.35. The maximum Gasteiger partial charge on any atom is 0.419 e. The van der Waals surface area contributed by atoms with Crippen LogP contribution in [-0.2, 0) is 6.18 Å². The van der Waals surface area contributed by atoms with Gasteiger partial charge in [-0.15, -0.1) is 0 Å². The van der Waals surface area contributed by atoms with Crippen molar-refractivity contribution in [3.05, 3.63) is 70.5 Å². The molecule has 0 aromatic heterocycles. The number of halogens is 6. The summed E-state index contributed by atoms with van der Waals surface area (Å²) in [5, 5.41) is 0. The van der Waals surface area contributed by atoms with E-state index in [1.54, 1.807) is 0 Å². The fourth-order valence-electron chi connectivity index (χ4n) is 1.93. The average molecular weight is 305 g/mol. The van der Waals surface area contributed by atoms with Crippen LogP contribution in [0.25, 0.3) is 0 Å². The Morgan fingerprint density at radius 2 is 1.43 bits per heavy atom. The molecule has 2 aromatic rings. The van der Waals surface area contributed by atoms with Gasteiger partial charge in [-0.3, -0.25) is 0 Å². The standard InChI is InChI=1S/C14H9F6N/c15-9-2-1-3-10(16)12(9)13(21)7-4-5-8(11(17)6-7)14(18,19)20/h1-6,13H,21H2. The van der Waals surface area contributed by atoms with E-state index in [-0.39, 0.29) is 5.56 Å². The Kier molecular flexibility index (Phi) is 3.95. The lowest BCUT2D eigenvalue weighted by Gasteiger charge is -2.16. The molecule has 0 aliphatic rings. The van der Waals surface area contributed by atoms with Crippen LogP contribution in [0.5, 0.6) is 0 Å². The normalized spacial score (nSPS) is 13.3. The Balaban J connectivity index is 2.46. The summed E-state index contributed by atoms with van der Waals surface area (Å²) in [6.45, 7) is 0. The Morgan fingerprint density at radius 3 is 1.90 bits per heavy atom. The Morgan fingerprint density at radius 1 is 0.857 bits per heavy atom. The molecule has 2 aromatic carbocycles. The molecule has 112 valence electrons. The SMILES string of the molecule is NC(c1ccc(C(F)(F)F)c(F)c1)c1c(F)cccc1F. The van der Waals surface area contributed by atoms with E-state index in [0.717, 1.165) is 24.3 Å². The summed E-state index contributed by atoms with van der Waals surface area (Å²) in [4.78, 5) is 0. The summed E-state index contributed by atoms with van der Waals surface area (Å²) in [7, 11) is 0. The van der Waals surface area contributed by atoms with Gasteiger partial charge in [0.05, 0.1) is 11.6 Å². The van der Waals surface area contributed by atoms with Gasteiger partial charge in [-0.2, -0.15) is 13.2 Å². The van der Waals surface area contributed by atoms with Gasteiger partial charge in [-0.05, 0) is 29.8 Å². The van der Waals surface area contributed by atoms with E-state index >= 15 is 0 Å². The molecular formula is C14H9F6N. The van der Waals surface area contributed by atoms with Crippen LogP contribution in [-0.4, -0.2) is 0 Å². The van der Waals surface area contributed by atoms with Crippen molar-refractivity contribution in [2.45, 2.75) is 12.2 Å². The van der Waals surface area contributed by atoms with Crippen molar-refractivity contribution < 1.29 is 26.3 Å². The Labute approximate surface area is 116 Å². The van der Waals surface area contributed by atoms with Gasteiger partial charge in [0.15, 0.2) is 0 Å². The molecule has 0 fully saturated rings. The first kappa shape index (κ1) is 15.4. The van der Waals surface area contributed by atoms with Gasteiger partial charge in [0, 0.05) is 5.56 Å². The molecule has 1 atom stereocenters. The highest BCUT2D eigenvalue weighted by Crippen LogP contribution is 2.33.